The lowest BCUT2D eigenvalue weighted by molar-refractivity contribution is -0.161. The number of carbonyl (C=O) groups excluding carboxylic acids is 4. The summed E-state index contributed by atoms with van der Waals surface area (Å²) in [4.78, 5) is 72.3. The van der Waals surface area contributed by atoms with E-state index in [1.165, 1.54) is 148 Å². The van der Waals surface area contributed by atoms with Crippen LogP contribution in [0.5, 0.6) is 0 Å². The molecule has 0 aliphatic heterocycles. The molecule has 6 atom stereocenters. The average Bonchev–Trinajstić information content (AvgIpc) is 3.58. The van der Waals surface area contributed by atoms with Crippen molar-refractivity contribution in [1.82, 2.24) is 0 Å². The van der Waals surface area contributed by atoms with E-state index < -0.39 is 97.5 Å². The van der Waals surface area contributed by atoms with Crippen molar-refractivity contribution in [3.8, 4) is 0 Å². The van der Waals surface area contributed by atoms with Crippen LogP contribution in [-0.4, -0.2) is 96.7 Å². The molecule has 0 aromatic rings. The first kappa shape index (κ1) is 85.1. The largest absolute Gasteiger partial charge is 0.472 e. The molecule has 87 heavy (non-hydrogen) atoms. The molecule has 0 saturated heterocycles. The molecule has 0 radical (unpaired) electrons. The number of phosphoric acid groups is 2. The summed E-state index contributed by atoms with van der Waals surface area (Å²) in [5.74, 6) is -0.618. The maximum absolute atomic E-state index is 13.0. The molecule has 3 unspecified atom stereocenters. The highest BCUT2D eigenvalue weighted by molar-refractivity contribution is 7.47. The second-order valence-corrected chi connectivity index (χ2v) is 28.2. The minimum absolute atomic E-state index is 0.105. The standard InChI is InChI=1S/C68H132O17P2/c1-7-10-12-14-16-17-18-19-20-21-22-23-26-34-40-46-52-67(72)84-64(57-79-66(71)51-45-39-33-27-24-25-31-36-42-48-60(4)5)59-83-87(76,77)81-55-62(69)54-80-86(74,75)82-58-63(56-78-65(70)50-44-38-30-15-13-11-8-2)85-68(73)53-47-41-35-29-28-32-37-43-49-61(6)9-3/h60-64,69H,7-59H2,1-6H3,(H,74,75)(H,76,77)/t61?,62-,63+,64+/m0/s1. The third-order valence-electron chi connectivity index (χ3n) is 16.1. The molecule has 19 heteroatoms. The number of hydrogen-bond donors (Lipinski definition) is 3. The van der Waals surface area contributed by atoms with E-state index >= 15 is 0 Å². The number of unbranched alkanes of at least 4 members (excludes halogenated alkanes) is 36. The Hall–Kier alpha value is -1.94. The van der Waals surface area contributed by atoms with Crippen LogP contribution in [0.3, 0.4) is 0 Å². The number of rotatable bonds is 67. The summed E-state index contributed by atoms with van der Waals surface area (Å²) < 4.78 is 68.1. The van der Waals surface area contributed by atoms with Gasteiger partial charge < -0.3 is 33.8 Å². The van der Waals surface area contributed by atoms with Gasteiger partial charge in [0, 0.05) is 25.7 Å². The van der Waals surface area contributed by atoms with Crippen LogP contribution in [0, 0.1) is 11.8 Å². The number of carbonyl (C=O) groups is 4. The Kier molecular flexibility index (Phi) is 59.0. The van der Waals surface area contributed by atoms with Crippen LogP contribution in [0.1, 0.15) is 343 Å². The molecule has 0 aromatic heterocycles. The maximum atomic E-state index is 13.0. The van der Waals surface area contributed by atoms with Crippen molar-refractivity contribution in [3.63, 3.8) is 0 Å². The minimum Gasteiger partial charge on any atom is -0.462 e. The Morgan fingerprint density at radius 3 is 0.874 bits per heavy atom. The number of aliphatic hydroxyl groups excluding tert-OH is 1. The minimum atomic E-state index is -4.95. The molecule has 0 spiro atoms. The van der Waals surface area contributed by atoms with Crippen LogP contribution in [0.25, 0.3) is 0 Å². The Bertz CT molecular complexity index is 1700. The van der Waals surface area contributed by atoms with Crippen molar-refractivity contribution in [3.05, 3.63) is 0 Å². The molecule has 0 fully saturated rings. The fourth-order valence-electron chi connectivity index (χ4n) is 10.2. The predicted octanol–water partition coefficient (Wildman–Crippen LogP) is 19.2. The predicted molar refractivity (Wildman–Crippen MR) is 349 cm³/mol. The topological polar surface area (TPSA) is 237 Å². The molecule has 0 aromatic carbocycles. The van der Waals surface area contributed by atoms with E-state index in [1.54, 1.807) is 0 Å². The first-order valence-corrected chi connectivity index (χ1v) is 38.5. The summed E-state index contributed by atoms with van der Waals surface area (Å²) in [6.07, 6.45) is 44.5. The van der Waals surface area contributed by atoms with Gasteiger partial charge in [-0.2, -0.15) is 0 Å². The van der Waals surface area contributed by atoms with Gasteiger partial charge in [0.1, 0.15) is 19.3 Å². The second kappa shape index (κ2) is 60.3. The Morgan fingerprint density at radius 2 is 0.586 bits per heavy atom. The highest BCUT2D eigenvalue weighted by Gasteiger charge is 2.30. The molecule has 0 bridgehead atoms. The van der Waals surface area contributed by atoms with Gasteiger partial charge >= 0.3 is 39.5 Å². The van der Waals surface area contributed by atoms with Crippen molar-refractivity contribution in [2.24, 2.45) is 11.8 Å². The van der Waals surface area contributed by atoms with E-state index in [1.807, 2.05) is 0 Å². The Labute approximate surface area is 530 Å². The summed E-state index contributed by atoms with van der Waals surface area (Å²) in [5, 5.41) is 10.6. The zero-order chi connectivity index (χ0) is 64.3. The normalized spacial score (nSPS) is 14.5. The van der Waals surface area contributed by atoms with E-state index in [9.17, 15) is 43.2 Å². The summed E-state index contributed by atoms with van der Waals surface area (Å²) >= 11 is 0. The SMILES string of the molecule is CCCCCCCCCCCCCCCCCCC(=O)O[C@H](COC(=O)CCCCCCCCCCCC(C)C)COP(=O)(O)OC[C@@H](O)COP(=O)(O)OC[C@@H](COC(=O)CCCCCCCCC)OC(=O)CCCCCCCCCCC(C)CC. The fourth-order valence-corrected chi connectivity index (χ4v) is 11.8. The Morgan fingerprint density at radius 1 is 0.333 bits per heavy atom. The van der Waals surface area contributed by atoms with Crippen LogP contribution in [-0.2, 0) is 65.4 Å². The zero-order valence-corrected chi connectivity index (χ0v) is 58.1. The lowest BCUT2D eigenvalue weighted by atomic mass is 9.99. The van der Waals surface area contributed by atoms with E-state index in [0.29, 0.717) is 25.7 Å². The van der Waals surface area contributed by atoms with E-state index in [0.717, 1.165) is 115 Å². The lowest BCUT2D eigenvalue weighted by Gasteiger charge is -2.21. The molecular formula is C68H132O17P2. The summed E-state index contributed by atoms with van der Waals surface area (Å²) in [6.45, 7) is 9.47. The zero-order valence-electron chi connectivity index (χ0n) is 56.3. The van der Waals surface area contributed by atoms with Crippen LogP contribution in [0.4, 0.5) is 0 Å². The number of aliphatic hydroxyl groups is 1. The number of hydrogen-bond acceptors (Lipinski definition) is 15. The third-order valence-corrected chi connectivity index (χ3v) is 18.0. The highest BCUT2D eigenvalue weighted by atomic mass is 31.2. The summed E-state index contributed by atoms with van der Waals surface area (Å²) in [5.41, 5.74) is 0. The van der Waals surface area contributed by atoms with Gasteiger partial charge in [0.05, 0.1) is 26.4 Å². The van der Waals surface area contributed by atoms with Crippen molar-refractivity contribution >= 4 is 39.5 Å². The van der Waals surface area contributed by atoms with Gasteiger partial charge in [0.15, 0.2) is 12.2 Å². The van der Waals surface area contributed by atoms with Gasteiger partial charge in [0.25, 0.3) is 0 Å². The van der Waals surface area contributed by atoms with E-state index in [-0.39, 0.29) is 25.7 Å². The van der Waals surface area contributed by atoms with Crippen molar-refractivity contribution in [1.29, 1.82) is 0 Å². The van der Waals surface area contributed by atoms with E-state index in [4.69, 9.17) is 37.0 Å². The van der Waals surface area contributed by atoms with Gasteiger partial charge in [-0.15, -0.1) is 0 Å². The van der Waals surface area contributed by atoms with Crippen molar-refractivity contribution < 1.29 is 80.2 Å². The lowest BCUT2D eigenvalue weighted by Crippen LogP contribution is -2.30. The number of phosphoric ester groups is 2. The van der Waals surface area contributed by atoms with Gasteiger partial charge in [-0.1, -0.05) is 292 Å². The fraction of sp³-hybridized carbons (Fsp3) is 0.941. The van der Waals surface area contributed by atoms with Crippen LogP contribution >= 0.6 is 15.6 Å². The number of esters is 4. The van der Waals surface area contributed by atoms with E-state index in [2.05, 4.69) is 41.5 Å². The molecule has 0 rings (SSSR count). The molecule has 0 heterocycles. The first-order chi connectivity index (χ1) is 41.9. The highest BCUT2D eigenvalue weighted by Crippen LogP contribution is 2.45. The average molecular weight is 1280 g/mol. The quantitative estimate of drug-likeness (QED) is 0.0222. The molecule has 0 aliphatic rings. The number of ether oxygens (including phenoxy) is 4. The van der Waals surface area contributed by atoms with Crippen molar-refractivity contribution in [2.45, 2.75) is 362 Å². The molecule has 516 valence electrons. The Balaban J connectivity index is 5.21. The monoisotopic (exact) mass is 1280 g/mol. The molecule has 0 amide bonds. The smallest absolute Gasteiger partial charge is 0.462 e. The van der Waals surface area contributed by atoms with Gasteiger partial charge in [-0.3, -0.25) is 37.3 Å². The molecule has 0 saturated carbocycles. The maximum Gasteiger partial charge on any atom is 0.472 e. The van der Waals surface area contributed by atoms with Crippen LogP contribution in [0.15, 0.2) is 0 Å². The molecule has 0 aliphatic carbocycles. The third kappa shape index (κ3) is 61.3. The van der Waals surface area contributed by atoms with Gasteiger partial charge in [0.2, 0.25) is 0 Å². The molecule has 3 N–H and O–H groups in total. The second-order valence-electron chi connectivity index (χ2n) is 25.3. The van der Waals surface area contributed by atoms with Crippen LogP contribution in [0.2, 0.25) is 0 Å². The van der Waals surface area contributed by atoms with Crippen molar-refractivity contribution in [2.75, 3.05) is 39.6 Å². The van der Waals surface area contributed by atoms with Crippen LogP contribution < -0.4 is 0 Å². The van der Waals surface area contributed by atoms with Gasteiger partial charge in [-0.05, 0) is 37.5 Å². The summed E-state index contributed by atoms with van der Waals surface area (Å²) in [7, 11) is -9.89. The summed E-state index contributed by atoms with van der Waals surface area (Å²) in [6, 6.07) is 0. The molecule has 17 nitrogen and oxygen atoms in total. The van der Waals surface area contributed by atoms with Gasteiger partial charge in [-0.25, -0.2) is 9.13 Å². The first-order valence-electron chi connectivity index (χ1n) is 35.5. The molecular weight excluding hydrogens is 1150 g/mol.